The fraction of sp³-hybridized carbons (Fsp3) is 0.250. The first-order valence-electron chi connectivity index (χ1n) is 6.87. The van der Waals surface area contributed by atoms with Crippen LogP contribution in [0.15, 0.2) is 35.7 Å². The van der Waals surface area contributed by atoms with Gasteiger partial charge in [0.25, 0.3) is 0 Å². The SMILES string of the molecule is CCCc1ccc(OCc2nc(Cl)c3ccsc3n2)cc1. The molecule has 0 aliphatic rings. The predicted octanol–water partition coefficient (Wildman–Crippen LogP) is 4.88. The van der Waals surface area contributed by atoms with Gasteiger partial charge in [0.15, 0.2) is 5.82 Å². The molecule has 0 amide bonds. The number of nitrogens with zero attached hydrogens (tertiary/aromatic N) is 2. The minimum Gasteiger partial charge on any atom is -0.486 e. The summed E-state index contributed by atoms with van der Waals surface area (Å²) in [6, 6.07) is 10.1. The van der Waals surface area contributed by atoms with Crippen LogP contribution in [0.4, 0.5) is 0 Å². The molecule has 0 N–H and O–H groups in total. The van der Waals surface area contributed by atoms with E-state index in [-0.39, 0.29) is 0 Å². The molecule has 21 heavy (non-hydrogen) atoms. The molecule has 0 saturated carbocycles. The lowest BCUT2D eigenvalue weighted by Crippen LogP contribution is -2.01. The second-order valence-corrected chi connectivity index (χ2v) is 6.01. The van der Waals surface area contributed by atoms with Crippen LogP contribution in [-0.4, -0.2) is 9.97 Å². The monoisotopic (exact) mass is 318 g/mol. The maximum Gasteiger partial charge on any atom is 0.169 e. The van der Waals surface area contributed by atoms with Gasteiger partial charge in [0.1, 0.15) is 22.3 Å². The molecular weight excluding hydrogens is 304 g/mol. The summed E-state index contributed by atoms with van der Waals surface area (Å²) in [5, 5.41) is 3.34. The number of halogens is 1. The van der Waals surface area contributed by atoms with Gasteiger partial charge in [0.2, 0.25) is 0 Å². The van der Waals surface area contributed by atoms with Crippen LogP contribution in [0.5, 0.6) is 5.75 Å². The van der Waals surface area contributed by atoms with E-state index in [9.17, 15) is 0 Å². The van der Waals surface area contributed by atoms with E-state index in [2.05, 4.69) is 29.0 Å². The number of aryl methyl sites for hydroxylation is 1. The number of hydrogen-bond donors (Lipinski definition) is 0. The molecule has 2 heterocycles. The lowest BCUT2D eigenvalue weighted by atomic mass is 10.1. The van der Waals surface area contributed by atoms with Gasteiger partial charge in [-0.1, -0.05) is 37.1 Å². The number of benzene rings is 1. The fourth-order valence-corrected chi connectivity index (χ4v) is 3.20. The van der Waals surface area contributed by atoms with E-state index in [0.717, 1.165) is 28.8 Å². The molecule has 0 spiro atoms. The summed E-state index contributed by atoms with van der Waals surface area (Å²) in [6.45, 7) is 2.49. The summed E-state index contributed by atoms with van der Waals surface area (Å²) in [4.78, 5) is 9.62. The van der Waals surface area contributed by atoms with Crippen molar-refractivity contribution in [2.24, 2.45) is 0 Å². The number of ether oxygens (including phenoxy) is 1. The largest absolute Gasteiger partial charge is 0.486 e. The van der Waals surface area contributed by atoms with Crippen molar-refractivity contribution in [3.63, 3.8) is 0 Å². The van der Waals surface area contributed by atoms with Crippen LogP contribution in [-0.2, 0) is 13.0 Å². The van der Waals surface area contributed by atoms with E-state index in [0.29, 0.717) is 17.6 Å². The van der Waals surface area contributed by atoms with Crippen LogP contribution in [0, 0.1) is 0 Å². The molecule has 0 radical (unpaired) electrons. The van der Waals surface area contributed by atoms with Crippen molar-refractivity contribution < 1.29 is 4.74 Å². The highest BCUT2D eigenvalue weighted by atomic mass is 35.5. The minimum atomic E-state index is 0.320. The van der Waals surface area contributed by atoms with Gasteiger partial charge in [-0.2, -0.15) is 0 Å². The van der Waals surface area contributed by atoms with E-state index in [1.807, 2.05) is 23.6 Å². The van der Waals surface area contributed by atoms with Crippen molar-refractivity contribution in [3.05, 3.63) is 52.3 Å². The summed E-state index contributed by atoms with van der Waals surface area (Å²) >= 11 is 7.69. The zero-order valence-corrected chi connectivity index (χ0v) is 13.2. The van der Waals surface area contributed by atoms with Gasteiger partial charge in [-0.3, -0.25) is 0 Å². The Morgan fingerprint density at radius 3 is 2.71 bits per heavy atom. The Morgan fingerprint density at radius 2 is 1.95 bits per heavy atom. The number of aromatic nitrogens is 2. The van der Waals surface area contributed by atoms with Gasteiger partial charge >= 0.3 is 0 Å². The highest BCUT2D eigenvalue weighted by molar-refractivity contribution is 7.16. The second kappa shape index (κ2) is 6.41. The third-order valence-corrected chi connectivity index (χ3v) is 4.25. The molecule has 0 atom stereocenters. The maximum absolute atomic E-state index is 6.14. The third kappa shape index (κ3) is 3.34. The molecule has 0 bridgehead atoms. The van der Waals surface area contributed by atoms with Gasteiger partial charge in [-0.15, -0.1) is 11.3 Å². The Labute approximate surface area is 132 Å². The zero-order valence-electron chi connectivity index (χ0n) is 11.7. The number of rotatable bonds is 5. The molecule has 3 rings (SSSR count). The molecule has 2 aromatic heterocycles. The Kier molecular flexibility index (Phi) is 4.36. The summed E-state index contributed by atoms with van der Waals surface area (Å²) in [6.07, 6.45) is 2.24. The van der Waals surface area contributed by atoms with Crippen molar-refractivity contribution in [2.45, 2.75) is 26.4 Å². The van der Waals surface area contributed by atoms with E-state index in [1.165, 1.54) is 5.56 Å². The predicted molar refractivity (Wildman–Crippen MR) is 87.2 cm³/mol. The van der Waals surface area contributed by atoms with Crippen LogP contribution in [0.3, 0.4) is 0 Å². The van der Waals surface area contributed by atoms with Crippen LogP contribution >= 0.6 is 22.9 Å². The molecule has 1 aromatic carbocycles. The highest BCUT2D eigenvalue weighted by Crippen LogP contribution is 2.25. The van der Waals surface area contributed by atoms with Gasteiger partial charge in [-0.25, -0.2) is 9.97 Å². The van der Waals surface area contributed by atoms with E-state index < -0.39 is 0 Å². The minimum absolute atomic E-state index is 0.320. The summed E-state index contributed by atoms with van der Waals surface area (Å²) in [7, 11) is 0. The van der Waals surface area contributed by atoms with Gasteiger partial charge < -0.3 is 4.74 Å². The molecule has 0 unspecified atom stereocenters. The molecule has 3 aromatic rings. The molecule has 0 fully saturated rings. The Hall–Kier alpha value is -1.65. The fourth-order valence-electron chi connectivity index (χ4n) is 2.11. The summed E-state index contributed by atoms with van der Waals surface area (Å²) < 4.78 is 5.73. The topological polar surface area (TPSA) is 35.0 Å². The number of hydrogen-bond acceptors (Lipinski definition) is 4. The number of thiophene rings is 1. The Balaban J connectivity index is 1.70. The van der Waals surface area contributed by atoms with E-state index in [1.54, 1.807) is 11.3 Å². The van der Waals surface area contributed by atoms with E-state index >= 15 is 0 Å². The molecular formula is C16H15ClN2OS. The first-order valence-corrected chi connectivity index (χ1v) is 8.13. The van der Waals surface area contributed by atoms with E-state index in [4.69, 9.17) is 16.3 Å². The quantitative estimate of drug-likeness (QED) is 0.629. The average molecular weight is 319 g/mol. The van der Waals surface area contributed by atoms with Gasteiger partial charge in [-0.05, 0) is 35.6 Å². The van der Waals surface area contributed by atoms with Gasteiger partial charge in [0.05, 0.1) is 0 Å². The Bertz CT molecular complexity index is 740. The van der Waals surface area contributed by atoms with Crippen LogP contribution < -0.4 is 4.74 Å². The molecule has 5 heteroatoms. The van der Waals surface area contributed by atoms with Crippen LogP contribution in [0.2, 0.25) is 5.15 Å². The second-order valence-electron chi connectivity index (χ2n) is 4.75. The third-order valence-electron chi connectivity index (χ3n) is 3.15. The first kappa shape index (κ1) is 14.3. The lowest BCUT2D eigenvalue weighted by Gasteiger charge is -2.07. The molecule has 0 aliphatic heterocycles. The maximum atomic E-state index is 6.14. The normalized spacial score (nSPS) is 11.0. The standard InChI is InChI=1S/C16H15ClN2OS/c1-2-3-11-4-6-12(7-5-11)20-10-14-18-15(17)13-8-9-21-16(13)19-14/h4-9H,2-3,10H2,1H3. The number of fused-ring (bicyclic) bond motifs is 1. The highest BCUT2D eigenvalue weighted by Gasteiger charge is 2.07. The first-order chi connectivity index (χ1) is 10.3. The summed E-state index contributed by atoms with van der Waals surface area (Å²) in [5.41, 5.74) is 1.32. The van der Waals surface area contributed by atoms with Crippen molar-refractivity contribution in [1.82, 2.24) is 9.97 Å². The molecule has 3 nitrogen and oxygen atoms in total. The Morgan fingerprint density at radius 1 is 1.14 bits per heavy atom. The van der Waals surface area contributed by atoms with Gasteiger partial charge in [0, 0.05) is 5.39 Å². The zero-order chi connectivity index (χ0) is 14.7. The van der Waals surface area contributed by atoms with Crippen molar-refractivity contribution >= 4 is 33.2 Å². The summed E-state index contributed by atoms with van der Waals surface area (Å²) in [5.74, 6) is 1.42. The smallest absolute Gasteiger partial charge is 0.169 e. The van der Waals surface area contributed by atoms with Crippen molar-refractivity contribution in [1.29, 1.82) is 0 Å². The molecule has 0 aliphatic carbocycles. The van der Waals surface area contributed by atoms with Crippen molar-refractivity contribution in [3.8, 4) is 5.75 Å². The lowest BCUT2D eigenvalue weighted by molar-refractivity contribution is 0.296. The average Bonchev–Trinajstić information content (AvgIpc) is 2.96. The molecule has 0 saturated heterocycles. The van der Waals surface area contributed by atoms with Crippen LogP contribution in [0.25, 0.3) is 10.2 Å². The van der Waals surface area contributed by atoms with Crippen LogP contribution in [0.1, 0.15) is 24.7 Å². The van der Waals surface area contributed by atoms with Crippen molar-refractivity contribution in [2.75, 3.05) is 0 Å². The molecule has 108 valence electrons.